The molecule has 2 heterocycles. The Bertz CT molecular complexity index is 1050. The van der Waals surface area contributed by atoms with Crippen LogP contribution in [-0.4, -0.2) is 61.2 Å². The highest BCUT2D eigenvalue weighted by Crippen LogP contribution is 2.35. The molecule has 2 aliphatic rings. The fourth-order valence-electron chi connectivity index (χ4n) is 4.78. The number of hydrogen-bond donors (Lipinski definition) is 2. The van der Waals surface area contributed by atoms with Crippen LogP contribution in [0.1, 0.15) is 49.8 Å². The van der Waals surface area contributed by atoms with Gasteiger partial charge in [-0.2, -0.15) is 0 Å². The highest BCUT2D eigenvalue weighted by Gasteiger charge is 2.30. The number of ether oxygens (including phenoxy) is 1. The standard InChI is InChI=1S/C23H30N6O2S/c1-2-11-32-23-25-21(24-17-12-15-5-3-4-6-16(15)13-17)20-22(26-23)29(28-27-20)18-7-8-19(14-18)31-10-9-30/h3-6,17-19,30H,2,7-14H2,1H3,(H,24,25,26). The van der Waals surface area contributed by atoms with Crippen molar-refractivity contribution in [2.45, 2.75) is 68.8 Å². The molecule has 8 nitrogen and oxygen atoms in total. The summed E-state index contributed by atoms with van der Waals surface area (Å²) in [4.78, 5) is 9.68. The number of rotatable bonds is 9. The van der Waals surface area contributed by atoms with Crippen molar-refractivity contribution in [3.63, 3.8) is 0 Å². The van der Waals surface area contributed by atoms with Crippen LogP contribution in [0.25, 0.3) is 11.2 Å². The molecule has 1 saturated carbocycles. The van der Waals surface area contributed by atoms with Crippen LogP contribution in [0.5, 0.6) is 0 Å². The van der Waals surface area contributed by atoms with Crippen molar-refractivity contribution in [1.29, 1.82) is 0 Å². The van der Waals surface area contributed by atoms with Gasteiger partial charge in [0.05, 0.1) is 25.4 Å². The van der Waals surface area contributed by atoms with E-state index in [2.05, 4.69) is 46.8 Å². The first-order valence-electron chi connectivity index (χ1n) is 11.6. The van der Waals surface area contributed by atoms with E-state index < -0.39 is 0 Å². The number of fused-ring (bicyclic) bond motifs is 2. The average Bonchev–Trinajstić information content (AvgIpc) is 3.53. The molecular weight excluding hydrogens is 424 g/mol. The van der Waals surface area contributed by atoms with Crippen molar-refractivity contribution in [2.75, 3.05) is 24.3 Å². The summed E-state index contributed by atoms with van der Waals surface area (Å²) in [6.07, 6.45) is 5.98. The summed E-state index contributed by atoms with van der Waals surface area (Å²) >= 11 is 1.68. The van der Waals surface area contributed by atoms with E-state index in [4.69, 9.17) is 19.8 Å². The number of anilines is 1. The minimum Gasteiger partial charge on any atom is -0.394 e. The number of hydrogen-bond acceptors (Lipinski definition) is 8. The molecule has 0 saturated heterocycles. The van der Waals surface area contributed by atoms with Crippen molar-refractivity contribution in [2.24, 2.45) is 0 Å². The zero-order valence-corrected chi connectivity index (χ0v) is 19.2. The Labute approximate surface area is 192 Å². The highest BCUT2D eigenvalue weighted by molar-refractivity contribution is 7.99. The fraction of sp³-hybridized carbons (Fsp3) is 0.565. The van der Waals surface area contributed by atoms with Gasteiger partial charge >= 0.3 is 0 Å². The molecule has 0 bridgehead atoms. The first-order chi connectivity index (χ1) is 15.7. The largest absolute Gasteiger partial charge is 0.394 e. The minimum absolute atomic E-state index is 0.0543. The molecular formula is C23H30N6O2S. The zero-order chi connectivity index (χ0) is 21.9. The van der Waals surface area contributed by atoms with Gasteiger partial charge in [0, 0.05) is 11.8 Å². The highest BCUT2D eigenvalue weighted by atomic mass is 32.2. The number of benzene rings is 1. The predicted octanol–water partition coefficient (Wildman–Crippen LogP) is 3.41. The molecule has 0 amide bonds. The van der Waals surface area contributed by atoms with Crippen molar-refractivity contribution in [3.05, 3.63) is 35.4 Å². The Morgan fingerprint density at radius 2 is 2.00 bits per heavy atom. The molecule has 0 radical (unpaired) electrons. The topological polar surface area (TPSA) is 98.0 Å². The quantitative estimate of drug-likeness (QED) is 0.375. The van der Waals surface area contributed by atoms with Crippen molar-refractivity contribution >= 4 is 28.7 Å². The molecule has 2 atom stereocenters. The third kappa shape index (κ3) is 4.46. The number of thioether (sulfide) groups is 1. The van der Waals surface area contributed by atoms with E-state index in [1.807, 2.05) is 4.68 Å². The molecule has 2 aliphatic carbocycles. The molecule has 3 aromatic rings. The first-order valence-corrected chi connectivity index (χ1v) is 12.5. The molecule has 0 spiro atoms. The number of aliphatic hydroxyl groups excluding tert-OH is 1. The van der Waals surface area contributed by atoms with Crippen LogP contribution < -0.4 is 5.32 Å². The Morgan fingerprint density at radius 3 is 2.75 bits per heavy atom. The number of nitrogens with one attached hydrogen (secondary N) is 1. The van der Waals surface area contributed by atoms with Crippen molar-refractivity contribution in [1.82, 2.24) is 25.0 Å². The van der Waals surface area contributed by atoms with Crippen LogP contribution >= 0.6 is 11.8 Å². The van der Waals surface area contributed by atoms with E-state index >= 15 is 0 Å². The number of aliphatic hydroxyl groups is 1. The molecule has 5 rings (SSSR count). The lowest BCUT2D eigenvalue weighted by Gasteiger charge is -2.15. The van der Waals surface area contributed by atoms with E-state index in [0.29, 0.717) is 12.6 Å². The summed E-state index contributed by atoms with van der Waals surface area (Å²) in [5.74, 6) is 1.76. The summed E-state index contributed by atoms with van der Waals surface area (Å²) in [5, 5.41) is 22.5. The van der Waals surface area contributed by atoms with E-state index in [1.54, 1.807) is 11.8 Å². The Balaban J connectivity index is 1.41. The first kappa shape index (κ1) is 21.6. The molecule has 0 aliphatic heterocycles. The normalized spacial score (nSPS) is 20.8. The molecule has 1 aromatic carbocycles. The van der Waals surface area contributed by atoms with Gasteiger partial charge in [-0.15, -0.1) is 5.10 Å². The second-order valence-corrected chi connectivity index (χ2v) is 9.67. The predicted molar refractivity (Wildman–Crippen MR) is 125 cm³/mol. The zero-order valence-electron chi connectivity index (χ0n) is 18.4. The second-order valence-electron chi connectivity index (χ2n) is 8.61. The maximum Gasteiger partial charge on any atom is 0.191 e. The third-order valence-corrected chi connectivity index (χ3v) is 7.33. The molecule has 2 unspecified atom stereocenters. The van der Waals surface area contributed by atoms with Gasteiger partial charge in [0.1, 0.15) is 0 Å². The van der Waals surface area contributed by atoms with Gasteiger partial charge in [0.25, 0.3) is 0 Å². The Hall–Kier alpha value is -2.23. The van der Waals surface area contributed by atoms with Gasteiger partial charge in [-0.3, -0.25) is 0 Å². The van der Waals surface area contributed by atoms with Gasteiger partial charge < -0.3 is 15.2 Å². The van der Waals surface area contributed by atoms with Crippen molar-refractivity contribution in [3.8, 4) is 0 Å². The van der Waals surface area contributed by atoms with Gasteiger partial charge in [-0.25, -0.2) is 14.6 Å². The SMILES string of the molecule is CCCSc1nc(NC2Cc3ccccc3C2)c2nnn(C3CCC(OCCO)C3)c2n1. The van der Waals surface area contributed by atoms with Crippen LogP contribution in [0, 0.1) is 0 Å². The third-order valence-electron chi connectivity index (χ3n) is 6.28. The summed E-state index contributed by atoms with van der Waals surface area (Å²) in [6.45, 7) is 2.60. The second kappa shape index (κ2) is 9.72. The summed E-state index contributed by atoms with van der Waals surface area (Å²) in [6, 6.07) is 9.12. The minimum atomic E-state index is 0.0543. The summed E-state index contributed by atoms with van der Waals surface area (Å²) in [7, 11) is 0. The maximum absolute atomic E-state index is 9.05. The summed E-state index contributed by atoms with van der Waals surface area (Å²) in [5.41, 5.74) is 4.34. The smallest absolute Gasteiger partial charge is 0.191 e. The lowest BCUT2D eigenvalue weighted by molar-refractivity contribution is 0.0309. The summed E-state index contributed by atoms with van der Waals surface area (Å²) < 4.78 is 7.71. The van der Waals surface area contributed by atoms with Crippen molar-refractivity contribution < 1.29 is 9.84 Å². The fourth-order valence-corrected chi connectivity index (χ4v) is 5.47. The van der Waals surface area contributed by atoms with Crippen LogP contribution in [0.15, 0.2) is 29.4 Å². The molecule has 1 fully saturated rings. The molecule has 9 heteroatoms. The number of aromatic nitrogens is 5. The van der Waals surface area contributed by atoms with E-state index in [9.17, 15) is 0 Å². The molecule has 2 aromatic heterocycles. The van der Waals surface area contributed by atoms with Gasteiger partial charge in [0.2, 0.25) is 0 Å². The van der Waals surface area contributed by atoms with E-state index in [-0.39, 0.29) is 18.8 Å². The van der Waals surface area contributed by atoms with Crippen LogP contribution in [0.2, 0.25) is 0 Å². The van der Waals surface area contributed by atoms with Crippen LogP contribution in [0.3, 0.4) is 0 Å². The Morgan fingerprint density at radius 1 is 1.19 bits per heavy atom. The average molecular weight is 455 g/mol. The molecule has 2 N–H and O–H groups in total. The van der Waals surface area contributed by atoms with Crippen LogP contribution in [-0.2, 0) is 17.6 Å². The van der Waals surface area contributed by atoms with Gasteiger partial charge in [-0.05, 0) is 49.7 Å². The van der Waals surface area contributed by atoms with E-state index in [0.717, 1.165) is 66.4 Å². The Kier molecular flexibility index (Phi) is 6.56. The lowest BCUT2D eigenvalue weighted by Crippen LogP contribution is -2.21. The van der Waals surface area contributed by atoms with Gasteiger partial charge in [-0.1, -0.05) is 48.2 Å². The monoisotopic (exact) mass is 454 g/mol. The lowest BCUT2D eigenvalue weighted by atomic mass is 10.1. The molecule has 170 valence electrons. The number of nitrogens with zero attached hydrogens (tertiary/aromatic N) is 5. The van der Waals surface area contributed by atoms with E-state index in [1.165, 1.54) is 11.1 Å². The molecule has 32 heavy (non-hydrogen) atoms. The van der Waals surface area contributed by atoms with Gasteiger partial charge in [0.15, 0.2) is 22.1 Å². The maximum atomic E-state index is 9.05. The van der Waals surface area contributed by atoms with Crippen LogP contribution in [0.4, 0.5) is 5.82 Å².